The van der Waals surface area contributed by atoms with Gasteiger partial charge in [-0.15, -0.1) is 11.8 Å². The van der Waals surface area contributed by atoms with Crippen molar-refractivity contribution in [2.24, 2.45) is 10.9 Å². The molecule has 3 heterocycles. The molecule has 2 aliphatic heterocycles. The molecule has 1 aromatic carbocycles. The lowest BCUT2D eigenvalue weighted by Gasteiger charge is -2.23. The molecule has 1 saturated carbocycles. The van der Waals surface area contributed by atoms with E-state index in [0.29, 0.717) is 23.7 Å². The summed E-state index contributed by atoms with van der Waals surface area (Å²) in [6, 6.07) is 7.29. The Kier molecular flexibility index (Phi) is 3.60. The molecule has 6 nitrogen and oxygen atoms in total. The van der Waals surface area contributed by atoms with Crippen LogP contribution in [0, 0.1) is 5.92 Å². The van der Waals surface area contributed by atoms with E-state index in [1.165, 1.54) is 6.42 Å². The number of hydrogen-bond donors (Lipinski definition) is 3. The molecule has 1 aromatic heterocycles. The van der Waals surface area contributed by atoms with Crippen LogP contribution in [0.25, 0.3) is 10.9 Å². The quantitative estimate of drug-likeness (QED) is 0.786. The highest BCUT2D eigenvalue weighted by Gasteiger charge is 2.40. The van der Waals surface area contributed by atoms with Crippen LogP contribution >= 0.6 is 11.8 Å². The Morgan fingerprint density at radius 1 is 1.36 bits per heavy atom. The summed E-state index contributed by atoms with van der Waals surface area (Å²) in [5.41, 5.74) is 2.48. The largest absolute Gasteiger partial charge is 0.348 e. The zero-order valence-electron chi connectivity index (χ0n) is 14.1. The third kappa shape index (κ3) is 2.66. The minimum absolute atomic E-state index is 0.0715. The lowest BCUT2D eigenvalue weighted by atomic mass is 10.0. The number of H-pyrrole nitrogens is 1. The Morgan fingerprint density at radius 2 is 2.28 bits per heavy atom. The first kappa shape index (κ1) is 15.4. The van der Waals surface area contributed by atoms with Gasteiger partial charge < -0.3 is 10.6 Å². The first-order chi connectivity index (χ1) is 12.2. The summed E-state index contributed by atoms with van der Waals surface area (Å²) in [5, 5.41) is 15.9. The maximum Gasteiger partial charge on any atom is 0.272 e. The van der Waals surface area contributed by atoms with Gasteiger partial charge in [-0.25, -0.2) is 0 Å². The number of aromatic amines is 1. The lowest BCUT2D eigenvalue weighted by Crippen LogP contribution is -2.44. The second-order valence-electron chi connectivity index (χ2n) is 7.34. The van der Waals surface area contributed by atoms with Gasteiger partial charge in [-0.3, -0.25) is 14.9 Å². The van der Waals surface area contributed by atoms with E-state index in [2.05, 4.69) is 32.7 Å². The smallest absolute Gasteiger partial charge is 0.272 e. The standard InChI is InChI=1S/C18H21N5OS/c1-9-8-25-18(20-9)10-2-3-13-15(5-10)22-23-16(13)17(24)21-14-6-12-4-11(14)7-19-12/h2-3,5,9,11-12,14,19H,4,6-8H2,1H3,(H,21,24)(H,22,23). The number of amides is 1. The predicted molar refractivity (Wildman–Crippen MR) is 100 cm³/mol. The van der Waals surface area contributed by atoms with E-state index in [0.717, 1.165) is 40.2 Å². The maximum atomic E-state index is 12.7. The average molecular weight is 355 g/mol. The van der Waals surface area contributed by atoms with E-state index < -0.39 is 0 Å². The molecular weight excluding hydrogens is 334 g/mol. The van der Waals surface area contributed by atoms with Crippen LogP contribution in [0.15, 0.2) is 23.2 Å². The molecule has 0 spiro atoms. The van der Waals surface area contributed by atoms with E-state index in [1.54, 1.807) is 11.8 Å². The predicted octanol–water partition coefficient (Wildman–Crippen LogP) is 1.92. The molecule has 1 aliphatic carbocycles. The topological polar surface area (TPSA) is 82.2 Å². The Bertz CT molecular complexity index is 875. The molecule has 1 saturated heterocycles. The third-order valence-corrected chi connectivity index (χ3v) is 6.77. The summed E-state index contributed by atoms with van der Waals surface area (Å²) < 4.78 is 0. The highest BCUT2D eigenvalue weighted by atomic mass is 32.2. The Balaban J connectivity index is 1.38. The summed E-state index contributed by atoms with van der Waals surface area (Å²) in [6.45, 7) is 3.14. The third-order valence-electron chi connectivity index (χ3n) is 5.50. The van der Waals surface area contributed by atoms with Crippen molar-refractivity contribution < 1.29 is 4.79 Å². The molecule has 2 aromatic rings. The molecule has 4 atom stereocenters. The Labute approximate surface area is 150 Å². The molecule has 1 amide bonds. The van der Waals surface area contributed by atoms with Crippen LogP contribution in [0.2, 0.25) is 0 Å². The van der Waals surface area contributed by atoms with Crippen LogP contribution in [0.4, 0.5) is 0 Å². The number of benzene rings is 1. The van der Waals surface area contributed by atoms with Gasteiger partial charge in [0.2, 0.25) is 0 Å². The van der Waals surface area contributed by atoms with Crippen LogP contribution in [-0.4, -0.2) is 51.6 Å². The van der Waals surface area contributed by atoms with Gasteiger partial charge in [-0.2, -0.15) is 5.10 Å². The number of carbonyl (C=O) groups excluding carboxylic acids is 1. The molecular formula is C18H21N5OS. The van der Waals surface area contributed by atoms with Crippen molar-refractivity contribution in [3.8, 4) is 0 Å². The van der Waals surface area contributed by atoms with Gasteiger partial charge in [0, 0.05) is 35.3 Å². The number of fused-ring (bicyclic) bond motifs is 3. The van der Waals surface area contributed by atoms with Gasteiger partial charge in [0.25, 0.3) is 5.91 Å². The van der Waals surface area contributed by atoms with Crippen molar-refractivity contribution in [2.45, 2.75) is 37.9 Å². The van der Waals surface area contributed by atoms with Crippen LogP contribution in [0.3, 0.4) is 0 Å². The number of carbonyl (C=O) groups is 1. The second-order valence-corrected chi connectivity index (χ2v) is 8.35. The molecule has 4 unspecified atom stereocenters. The zero-order chi connectivity index (χ0) is 17.0. The normalized spacial score (nSPS) is 30.8. The summed E-state index contributed by atoms with van der Waals surface area (Å²) in [4.78, 5) is 17.4. The van der Waals surface area contributed by atoms with E-state index >= 15 is 0 Å². The van der Waals surface area contributed by atoms with Crippen molar-refractivity contribution >= 4 is 33.6 Å². The molecule has 25 heavy (non-hydrogen) atoms. The van der Waals surface area contributed by atoms with Gasteiger partial charge in [0.15, 0.2) is 5.69 Å². The number of nitrogens with one attached hydrogen (secondary N) is 3. The van der Waals surface area contributed by atoms with Crippen LogP contribution in [0.5, 0.6) is 0 Å². The molecule has 7 heteroatoms. The minimum atomic E-state index is -0.0715. The van der Waals surface area contributed by atoms with E-state index in [-0.39, 0.29) is 11.9 Å². The van der Waals surface area contributed by atoms with E-state index in [1.807, 2.05) is 18.2 Å². The van der Waals surface area contributed by atoms with Crippen molar-refractivity contribution in [3.63, 3.8) is 0 Å². The SMILES string of the molecule is CC1CSC(c2ccc3c(C(=O)NC4CC5CC4CN5)n[nH]c3c2)=N1. The Hall–Kier alpha value is -1.86. The number of piperidine rings is 1. The number of aliphatic imine (C=N–C) groups is 1. The van der Waals surface area contributed by atoms with Gasteiger partial charge >= 0.3 is 0 Å². The van der Waals surface area contributed by atoms with Gasteiger partial charge in [0.1, 0.15) is 0 Å². The highest BCUT2D eigenvalue weighted by Crippen LogP contribution is 2.31. The maximum absolute atomic E-state index is 12.7. The van der Waals surface area contributed by atoms with Gasteiger partial charge in [0.05, 0.1) is 16.6 Å². The average Bonchev–Trinajstić information content (AvgIpc) is 3.37. The molecule has 2 bridgehead atoms. The summed E-state index contributed by atoms with van der Waals surface area (Å²) >= 11 is 1.78. The number of nitrogens with zero attached hydrogens (tertiary/aromatic N) is 2. The van der Waals surface area contributed by atoms with Crippen LogP contribution in [0.1, 0.15) is 35.8 Å². The van der Waals surface area contributed by atoms with E-state index in [9.17, 15) is 4.79 Å². The summed E-state index contributed by atoms with van der Waals surface area (Å²) in [7, 11) is 0. The molecule has 130 valence electrons. The van der Waals surface area contributed by atoms with Crippen LogP contribution < -0.4 is 10.6 Å². The van der Waals surface area contributed by atoms with Gasteiger partial charge in [-0.05, 0) is 37.8 Å². The fourth-order valence-electron chi connectivity index (χ4n) is 4.21. The molecule has 2 fully saturated rings. The van der Waals surface area contributed by atoms with Crippen molar-refractivity contribution in [1.82, 2.24) is 20.8 Å². The molecule has 0 radical (unpaired) electrons. The minimum Gasteiger partial charge on any atom is -0.348 e. The Morgan fingerprint density at radius 3 is 3.00 bits per heavy atom. The number of aromatic nitrogens is 2. The molecule has 3 N–H and O–H groups in total. The fraction of sp³-hybridized carbons (Fsp3) is 0.500. The molecule has 3 aliphatic rings. The highest BCUT2D eigenvalue weighted by molar-refractivity contribution is 8.14. The monoisotopic (exact) mass is 355 g/mol. The van der Waals surface area contributed by atoms with Crippen LogP contribution in [-0.2, 0) is 0 Å². The zero-order valence-corrected chi connectivity index (χ0v) is 14.9. The fourth-order valence-corrected chi connectivity index (χ4v) is 5.23. The van der Waals surface area contributed by atoms with E-state index in [4.69, 9.17) is 0 Å². The van der Waals surface area contributed by atoms with Crippen molar-refractivity contribution in [2.75, 3.05) is 12.3 Å². The number of thioether (sulfide) groups is 1. The summed E-state index contributed by atoms with van der Waals surface area (Å²) in [6.07, 6.45) is 2.20. The number of rotatable bonds is 3. The lowest BCUT2D eigenvalue weighted by molar-refractivity contribution is 0.0921. The second kappa shape index (κ2) is 5.85. The first-order valence-electron chi connectivity index (χ1n) is 8.91. The molecule has 5 rings (SSSR count). The van der Waals surface area contributed by atoms with Crippen molar-refractivity contribution in [3.05, 3.63) is 29.5 Å². The summed E-state index contributed by atoms with van der Waals surface area (Å²) in [5.74, 6) is 1.52. The van der Waals surface area contributed by atoms with Crippen molar-refractivity contribution in [1.29, 1.82) is 0 Å². The number of hydrogen-bond acceptors (Lipinski definition) is 5. The first-order valence-corrected chi connectivity index (χ1v) is 9.89. The van der Waals surface area contributed by atoms with Gasteiger partial charge in [-0.1, -0.05) is 6.07 Å².